The van der Waals surface area contributed by atoms with Crippen molar-refractivity contribution in [2.24, 2.45) is 0 Å². The number of H-pyrrole nitrogens is 1. The first-order valence-corrected chi connectivity index (χ1v) is 10.5. The van der Waals surface area contributed by atoms with Crippen LogP contribution in [0.3, 0.4) is 0 Å². The maximum absolute atomic E-state index is 13.0. The van der Waals surface area contributed by atoms with Crippen molar-refractivity contribution in [1.29, 1.82) is 0 Å². The molecule has 1 atom stereocenters. The molecule has 1 fully saturated rings. The smallest absolute Gasteiger partial charge is 0.231 e. The third kappa shape index (κ3) is 3.71. The predicted octanol–water partition coefficient (Wildman–Crippen LogP) is 4.82. The van der Waals surface area contributed by atoms with Crippen molar-refractivity contribution >= 4 is 28.4 Å². The van der Waals surface area contributed by atoms with E-state index in [-0.39, 0.29) is 11.8 Å². The fraction of sp³-hybridized carbons (Fsp3) is 0.261. The number of carbonyl (C=O) groups excluding carboxylic acids is 1. The minimum absolute atomic E-state index is 0.0548. The van der Waals surface area contributed by atoms with Gasteiger partial charge in [-0.05, 0) is 48.7 Å². The number of hydrogen-bond acceptors (Lipinski definition) is 4. The minimum Gasteiger partial charge on any atom is -0.361 e. The molecule has 1 amide bonds. The van der Waals surface area contributed by atoms with Gasteiger partial charge in [-0.1, -0.05) is 35.0 Å². The van der Waals surface area contributed by atoms with Gasteiger partial charge in [-0.15, -0.1) is 0 Å². The summed E-state index contributed by atoms with van der Waals surface area (Å²) in [5, 5.41) is 5.89. The van der Waals surface area contributed by atoms with E-state index in [2.05, 4.69) is 15.1 Å². The molecule has 1 unspecified atom stereocenters. The monoisotopic (exact) mass is 420 g/mol. The number of likely N-dealkylation sites (tertiary alicyclic amines) is 1. The molecule has 1 N–H and O–H groups in total. The molecule has 7 heteroatoms. The van der Waals surface area contributed by atoms with E-state index in [1.54, 1.807) is 12.1 Å². The first kappa shape index (κ1) is 18.9. The van der Waals surface area contributed by atoms with Crippen molar-refractivity contribution in [3.8, 4) is 11.4 Å². The number of amides is 1. The number of benzene rings is 2. The van der Waals surface area contributed by atoms with Gasteiger partial charge in [0.1, 0.15) is 0 Å². The van der Waals surface area contributed by atoms with Gasteiger partial charge in [0.05, 0.1) is 12.3 Å². The number of piperidine rings is 1. The van der Waals surface area contributed by atoms with Crippen LogP contribution < -0.4 is 0 Å². The van der Waals surface area contributed by atoms with Crippen molar-refractivity contribution in [2.75, 3.05) is 13.1 Å². The maximum atomic E-state index is 13.0. The van der Waals surface area contributed by atoms with Gasteiger partial charge in [0.15, 0.2) is 0 Å². The molecule has 0 bridgehead atoms. The van der Waals surface area contributed by atoms with Crippen molar-refractivity contribution < 1.29 is 9.32 Å². The lowest BCUT2D eigenvalue weighted by Gasteiger charge is -2.31. The molecular formula is C23H21ClN4O2. The molecule has 6 nitrogen and oxygen atoms in total. The first-order chi connectivity index (χ1) is 14.7. The zero-order valence-electron chi connectivity index (χ0n) is 16.3. The van der Waals surface area contributed by atoms with Crippen molar-refractivity contribution in [2.45, 2.75) is 25.2 Å². The van der Waals surface area contributed by atoms with Gasteiger partial charge in [0.2, 0.25) is 17.6 Å². The van der Waals surface area contributed by atoms with E-state index < -0.39 is 0 Å². The molecule has 1 aliphatic rings. The summed E-state index contributed by atoms with van der Waals surface area (Å²) in [7, 11) is 0. The second kappa shape index (κ2) is 7.95. The standard InChI is InChI=1S/C23H21ClN4O2/c24-18-9-7-15(8-10-18)22-26-23(30-27-22)16-4-3-11-28(14-16)21(29)12-17-13-25-20-6-2-1-5-19(17)20/h1-2,5-10,13,16,25H,3-4,11-12,14H2. The number of aromatic amines is 1. The first-order valence-electron chi connectivity index (χ1n) is 10.1. The van der Waals surface area contributed by atoms with Crippen LogP contribution in [0.15, 0.2) is 59.3 Å². The minimum atomic E-state index is 0.0548. The molecule has 2 aromatic carbocycles. The summed E-state index contributed by atoms with van der Waals surface area (Å²) in [6, 6.07) is 15.4. The van der Waals surface area contributed by atoms with Gasteiger partial charge in [0, 0.05) is 40.8 Å². The van der Waals surface area contributed by atoms with Gasteiger partial charge < -0.3 is 14.4 Å². The summed E-state index contributed by atoms with van der Waals surface area (Å²) in [6.07, 6.45) is 4.17. The molecule has 5 rings (SSSR count). The molecule has 4 aromatic rings. The SMILES string of the molecule is O=C(Cc1c[nH]c2ccccc12)N1CCCC(c2nc(-c3ccc(Cl)cc3)no2)C1. The van der Waals surface area contributed by atoms with Crippen LogP contribution in [0.5, 0.6) is 0 Å². The van der Waals surface area contributed by atoms with Crippen LogP contribution in [0.1, 0.15) is 30.2 Å². The molecule has 3 heterocycles. The average Bonchev–Trinajstić information content (AvgIpc) is 3.42. The highest BCUT2D eigenvalue weighted by atomic mass is 35.5. The number of halogens is 1. The van der Waals surface area contributed by atoms with Gasteiger partial charge >= 0.3 is 0 Å². The highest BCUT2D eigenvalue weighted by molar-refractivity contribution is 6.30. The molecule has 1 aliphatic heterocycles. The van der Waals surface area contributed by atoms with Gasteiger partial charge in [-0.3, -0.25) is 4.79 Å². The molecule has 1 saturated heterocycles. The Morgan fingerprint density at radius 1 is 1.20 bits per heavy atom. The Hall–Kier alpha value is -3.12. The summed E-state index contributed by atoms with van der Waals surface area (Å²) in [5.74, 6) is 1.31. The van der Waals surface area contributed by atoms with Crippen molar-refractivity contribution in [3.05, 3.63) is 71.2 Å². The lowest BCUT2D eigenvalue weighted by Crippen LogP contribution is -2.40. The number of nitrogens with zero attached hydrogens (tertiary/aromatic N) is 3. The average molecular weight is 421 g/mol. The Balaban J connectivity index is 1.29. The van der Waals surface area contributed by atoms with E-state index in [9.17, 15) is 4.79 Å². The normalized spacial score (nSPS) is 16.8. The highest BCUT2D eigenvalue weighted by Crippen LogP contribution is 2.29. The fourth-order valence-electron chi connectivity index (χ4n) is 4.08. The number of carbonyl (C=O) groups is 1. The number of aromatic nitrogens is 3. The summed E-state index contributed by atoms with van der Waals surface area (Å²) >= 11 is 5.95. The molecule has 152 valence electrons. The molecular weight excluding hydrogens is 400 g/mol. The van der Waals surface area contributed by atoms with E-state index in [4.69, 9.17) is 16.1 Å². The third-order valence-corrected chi connectivity index (χ3v) is 5.94. The van der Waals surface area contributed by atoms with E-state index in [1.807, 2.05) is 47.5 Å². The number of para-hydroxylation sites is 1. The van der Waals surface area contributed by atoms with E-state index in [0.717, 1.165) is 41.4 Å². The summed E-state index contributed by atoms with van der Waals surface area (Å²) in [5.41, 5.74) is 2.94. The Bertz CT molecular complexity index is 1180. The van der Waals surface area contributed by atoms with E-state index >= 15 is 0 Å². The summed E-state index contributed by atoms with van der Waals surface area (Å²) in [4.78, 5) is 22.7. The van der Waals surface area contributed by atoms with Gasteiger partial charge in [-0.25, -0.2) is 0 Å². The topological polar surface area (TPSA) is 75.0 Å². The van der Waals surface area contributed by atoms with E-state index in [1.165, 1.54) is 0 Å². The Morgan fingerprint density at radius 2 is 2.03 bits per heavy atom. The van der Waals surface area contributed by atoms with Crippen molar-refractivity contribution in [1.82, 2.24) is 20.0 Å². The lowest BCUT2D eigenvalue weighted by atomic mass is 9.97. The molecule has 0 aliphatic carbocycles. The van der Waals surface area contributed by atoms with Crippen LogP contribution in [-0.2, 0) is 11.2 Å². The second-order valence-corrected chi connectivity index (χ2v) is 8.11. The zero-order chi connectivity index (χ0) is 20.5. The fourth-order valence-corrected chi connectivity index (χ4v) is 4.20. The molecule has 0 spiro atoms. The maximum Gasteiger partial charge on any atom is 0.231 e. The number of nitrogens with one attached hydrogen (secondary N) is 1. The van der Waals surface area contributed by atoms with Gasteiger partial charge in [0.25, 0.3) is 0 Å². The summed E-state index contributed by atoms with van der Waals surface area (Å²) < 4.78 is 5.54. The highest BCUT2D eigenvalue weighted by Gasteiger charge is 2.29. The number of fused-ring (bicyclic) bond motifs is 1. The summed E-state index contributed by atoms with van der Waals surface area (Å²) in [6.45, 7) is 1.36. The molecule has 0 saturated carbocycles. The quantitative estimate of drug-likeness (QED) is 0.513. The largest absolute Gasteiger partial charge is 0.361 e. The van der Waals surface area contributed by atoms with Crippen LogP contribution in [0.2, 0.25) is 5.02 Å². The molecule has 30 heavy (non-hydrogen) atoms. The second-order valence-electron chi connectivity index (χ2n) is 7.68. The van der Waals surface area contributed by atoms with Crippen LogP contribution >= 0.6 is 11.6 Å². The predicted molar refractivity (Wildman–Crippen MR) is 115 cm³/mol. The third-order valence-electron chi connectivity index (χ3n) is 5.68. The Labute approximate surface area is 178 Å². The van der Waals surface area contributed by atoms with Crippen molar-refractivity contribution in [3.63, 3.8) is 0 Å². The zero-order valence-corrected chi connectivity index (χ0v) is 17.1. The van der Waals surface area contributed by atoms with Crippen LogP contribution in [0, 0.1) is 0 Å². The van der Waals surface area contributed by atoms with Crippen LogP contribution in [-0.4, -0.2) is 39.0 Å². The Morgan fingerprint density at radius 3 is 2.90 bits per heavy atom. The molecule has 2 aromatic heterocycles. The van der Waals surface area contributed by atoms with Gasteiger partial charge in [-0.2, -0.15) is 4.98 Å². The van der Waals surface area contributed by atoms with E-state index in [0.29, 0.717) is 29.7 Å². The van der Waals surface area contributed by atoms with Crippen LogP contribution in [0.4, 0.5) is 0 Å². The lowest BCUT2D eigenvalue weighted by molar-refractivity contribution is -0.131. The molecule has 0 radical (unpaired) electrons. The van der Waals surface area contributed by atoms with Crippen LogP contribution in [0.25, 0.3) is 22.3 Å². The number of rotatable bonds is 4. The Kier molecular flexibility index (Phi) is 5.01. The number of hydrogen-bond donors (Lipinski definition) is 1.